The Morgan fingerprint density at radius 2 is 2.00 bits per heavy atom. The monoisotopic (exact) mass is 363 g/mol. The molecule has 0 radical (unpaired) electrons. The van der Waals surface area contributed by atoms with E-state index in [1.165, 1.54) is 12.1 Å². The maximum atomic E-state index is 13.5. The van der Waals surface area contributed by atoms with E-state index < -0.39 is 0 Å². The number of aromatic nitrogens is 5. The summed E-state index contributed by atoms with van der Waals surface area (Å²) in [6.45, 7) is 4.61. The van der Waals surface area contributed by atoms with Gasteiger partial charge in [-0.25, -0.2) is 9.37 Å². The lowest BCUT2D eigenvalue weighted by Crippen LogP contribution is -2.29. The molecule has 0 saturated heterocycles. The molecule has 0 spiro atoms. The first-order valence-corrected chi connectivity index (χ1v) is 8.91. The maximum absolute atomic E-state index is 13.5. The summed E-state index contributed by atoms with van der Waals surface area (Å²) in [6.07, 6.45) is 3.59. The number of ether oxygens (including phenoxy) is 1. The van der Waals surface area contributed by atoms with Crippen LogP contribution in [-0.4, -0.2) is 31.1 Å². The first-order valence-electron chi connectivity index (χ1n) is 8.91. The first-order chi connectivity index (χ1) is 13.1. The van der Waals surface area contributed by atoms with E-state index in [4.69, 9.17) is 9.84 Å². The number of aromatic amines is 1. The molecule has 4 aromatic rings. The number of benzene rings is 1. The van der Waals surface area contributed by atoms with Gasteiger partial charge in [0.05, 0.1) is 30.6 Å². The minimum atomic E-state index is -0.268. The third-order valence-corrected chi connectivity index (χ3v) is 5.30. The third-order valence-electron chi connectivity index (χ3n) is 5.30. The molecule has 3 aromatic heterocycles. The van der Waals surface area contributed by atoms with Crippen molar-refractivity contribution in [2.24, 2.45) is 0 Å². The van der Waals surface area contributed by atoms with E-state index >= 15 is 0 Å². The second-order valence-corrected chi connectivity index (χ2v) is 6.87. The van der Waals surface area contributed by atoms with E-state index in [1.807, 2.05) is 17.7 Å². The molecule has 0 unspecified atom stereocenters. The second kappa shape index (κ2) is 5.99. The van der Waals surface area contributed by atoms with Gasteiger partial charge in [-0.1, -0.05) is 0 Å². The van der Waals surface area contributed by atoms with Crippen molar-refractivity contribution in [2.45, 2.75) is 32.6 Å². The SMILES string of the molecule is C[C@@H]1[C@@H](C)OCc2c(-c3ccnc4[nH]ncc34)c(-c3ccc(F)cc3)nn21. The van der Waals surface area contributed by atoms with Crippen LogP contribution in [0.1, 0.15) is 25.6 Å². The average Bonchev–Trinajstić information content (AvgIpc) is 3.30. The molecule has 136 valence electrons. The Morgan fingerprint density at radius 3 is 2.81 bits per heavy atom. The standard InChI is InChI=1S/C20H18FN5O/c1-11-12(2)27-10-17-18(15-7-8-22-20-16(15)9-23-24-20)19(25-26(11)17)13-3-5-14(21)6-4-13/h3-9,11-12H,10H2,1-2H3,(H,22,23,24)/t11-,12-/m1/s1. The van der Waals surface area contributed by atoms with Crippen molar-refractivity contribution < 1.29 is 9.13 Å². The van der Waals surface area contributed by atoms with Crippen LogP contribution in [0.15, 0.2) is 42.7 Å². The van der Waals surface area contributed by atoms with E-state index in [2.05, 4.69) is 22.1 Å². The summed E-state index contributed by atoms with van der Waals surface area (Å²) in [5, 5.41) is 12.9. The molecule has 7 heteroatoms. The van der Waals surface area contributed by atoms with E-state index in [0.717, 1.165) is 39.1 Å². The van der Waals surface area contributed by atoms with Crippen molar-refractivity contribution in [3.8, 4) is 22.4 Å². The van der Waals surface area contributed by atoms with Gasteiger partial charge in [-0.3, -0.25) is 9.78 Å². The van der Waals surface area contributed by atoms with Crippen molar-refractivity contribution >= 4 is 11.0 Å². The van der Waals surface area contributed by atoms with Crippen molar-refractivity contribution in [1.29, 1.82) is 0 Å². The summed E-state index contributed by atoms with van der Waals surface area (Å²) in [4.78, 5) is 4.34. The van der Waals surface area contributed by atoms with Gasteiger partial charge in [-0.05, 0) is 49.7 Å². The minimum absolute atomic E-state index is 0.0673. The van der Waals surface area contributed by atoms with Crippen LogP contribution in [0, 0.1) is 5.82 Å². The van der Waals surface area contributed by atoms with E-state index in [0.29, 0.717) is 6.61 Å². The Morgan fingerprint density at radius 1 is 1.19 bits per heavy atom. The summed E-state index contributed by atoms with van der Waals surface area (Å²) in [6, 6.07) is 8.50. The predicted octanol–water partition coefficient (Wildman–Crippen LogP) is 4.11. The molecule has 2 atom stereocenters. The molecule has 5 rings (SSSR count). The van der Waals surface area contributed by atoms with Gasteiger partial charge in [0.1, 0.15) is 11.5 Å². The normalized spacial score (nSPS) is 19.4. The number of pyridine rings is 1. The smallest absolute Gasteiger partial charge is 0.155 e. The second-order valence-electron chi connectivity index (χ2n) is 6.87. The topological polar surface area (TPSA) is 68.6 Å². The van der Waals surface area contributed by atoms with E-state index in [1.54, 1.807) is 24.5 Å². The largest absolute Gasteiger partial charge is 0.370 e. The summed E-state index contributed by atoms with van der Waals surface area (Å²) in [5.74, 6) is -0.268. The summed E-state index contributed by atoms with van der Waals surface area (Å²) in [7, 11) is 0. The van der Waals surface area contributed by atoms with Gasteiger partial charge in [-0.15, -0.1) is 0 Å². The fourth-order valence-electron chi connectivity index (χ4n) is 3.65. The number of nitrogens with zero attached hydrogens (tertiary/aromatic N) is 4. The zero-order valence-electron chi connectivity index (χ0n) is 15.0. The highest BCUT2D eigenvalue weighted by molar-refractivity contribution is 5.97. The maximum Gasteiger partial charge on any atom is 0.155 e. The molecular weight excluding hydrogens is 345 g/mol. The predicted molar refractivity (Wildman–Crippen MR) is 99.5 cm³/mol. The van der Waals surface area contributed by atoms with Gasteiger partial charge in [0.2, 0.25) is 0 Å². The average molecular weight is 363 g/mol. The number of fused-ring (bicyclic) bond motifs is 2. The Balaban J connectivity index is 1.82. The van der Waals surface area contributed by atoms with E-state index in [-0.39, 0.29) is 18.0 Å². The van der Waals surface area contributed by atoms with Crippen LogP contribution in [-0.2, 0) is 11.3 Å². The molecule has 0 amide bonds. The molecular formula is C20H18FN5O. The van der Waals surface area contributed by atoms with Crippen LogP contribution < -0.4 is 0 Å². The van der Waals surface area contributed by atoms with Crippen molar-refractivity contribution in [3.63, 3.8) is 0 Å². The Labute approximate surface area is 155 Å². The molecule has 4 heterocycles. The van der Waals surface area contributed by atoms with Gasteiger partial charge >= 0.3 is 0 Å². The van der Waals surface area contributed by atoms with Crippen LogP contribution in [0.4, 0.5) is 4.39 Å². The molecule has 1 aromatic carbocycles. The van der Waals surface area contributed by atoms with Crippen molar-refractivity contribution in [2.75, 3.05) is 0 Å². The van der Waals surface area contributed by atoms with Gasteiger partial charge in [0.15, 0.2) is 5.65 Å². The van der Waals surface area contributed by atoms with Crippen LogP contribution in [0.3, 0.4) is 0 Å². The lowest BCUT2D eigenvalue weighted by atomic mass is 9.97. The Kier molecular flexibility index (Phi) is 3.58. The number of nitrogens with one attached hydrogen (secondary N) is 1. The molecule has 27 heavy (non-hydrogen) atoms. The number of rotatable bonds is 2. The summed E-state index contributed by atoms with van der Waals surface area (Å²) >= 11 is 0. The van der Waals surface area contributed by atoms with Gasteiger partial charge in [0, 0.05) is 22.7 Å². The number of halogens is 1. The molecule has 6 nitrogen and oxygen atoms in total. The molecule has 0 saturated carbocycles. The zero-order chi connectivity index (χ0) is 18.5. The lowest BCUT2D eigenvalue weighted by molar-refractivity contribution is -0.0101. The van der Waals surface area contributed by atoms with Crippen LogP contribution in [0.2, 0.25) is 0 Å². The zero-order valence-corrected chi connectivity index (χ0v) is 15.0. The third kappa shape index (κ3) is 2.46. The molecule has 1 N–H and O–H groups in total. The molecule has 0 bridgehead atoms. The minimum Gasteiger partial charge on any atom is -0.370 e. The first kappa shape index (κ1) is 16.1. The van der Waals surface area contributed by atoms with Crippen molar-refractivity contribution in [1.82, 2.24) is 25.0 Å². The Hall–Kier alpha value is -3.06. The van der Waals surface area contributed by atoms with Crippen LogP contribution >= 0.6 is 0 Å². The number of H-pyrrole nitrogens is 1. The van der Waals surface area contributed by atoms with Gasteiger partial charge < -0.3 is 4.74 Å². The summed E-state index contributed by atoms with van der Waals surface area (Å²) < 4.78 is 21.5. The van der Waals surface area contributed by atoms with Crippen LogP contribution in [0.5, 0.6) is 0 Å². The quantitative estimate of drug-likeness (QED) is 0.582. The Bertz CT molecular complexity index is 1130. The molecule has 1 aliphatic heterocycles. The van der Waals surface area contributed by atoms with Crippen molar-refractivity contribution in [3.05, 3.63) is 54.2 Å². The molecule has 0 aliphatic carbocycles. The number of hydrogen-bond acceptors (Lipinski definition) is 4. The lowest BCUT2D eigenvalue weighted by Gasteiger charge is -2.28. The fourth-order valence-corrected chi connectivity index (χ4v) is 3.65. The van der Waals surface area contributed by atoms with E-state index in [9.17, 15) is 4.39 Å². The fraction of sp³-hybridized carbons (Fsp3) is 0.250. The highest BCUT2D eigenvalue weighted by Crippen LogP contribution is 2.41. The highest BCUT2D eigenvalue weighted by Gasteiger charge is 2.30. The molecule has 1 aliphatic rings. The van der Waals surface area contributed by atoms with Gasteiger partial charge in [0.25, 0.3) is 0 Å². The number of hydrogen-bond donors (Lipinski definition) is 1. The van der Waals surface area contributed by atoms with Crippen LogP contribution in [0.25, 0.3) is 33.4 Å². The molecule has 0 fully saturated rings. The van der Waals surface area contributed by atoms with Gasteiger partial charge in [-0.2, -0.15) is 10.2 Å². The summed E-state index contributed by atoms with van der Waals surface area (Å²) in [5.41, 5.74) is 5.36. The highest BCUT2D eigenvalue weighted by atomic mass is 19.1.